The van der Waals surface area contributed by atoms with Crippen LogP contribution in [0.3, 0.4) is 0 Å². The maximum absolute atomic E-state index is 11.5. The van der Waals surface area contributed by atoms with Gasteiger partial charge in [-0.05, 0) is 45.1 Å². The van der Waals surface area contributed by atoms with E-state index in [1.54, 1.807) is 11.8 Å². The second-order valence-electron chi connectivity index (χ2n) is 4.70. The van der Waals surface area contributed by atoms with Crippen LogP contribution in [0.15, 0.2) is 0 Å². The third-order valence-electron chi connectivity index (χ3n) is 2.52. The lowest BCUT2D eigenvalue weighted by Gasteiger charge is -2.14. The van der Waals surface area contributed by atoms with Crippen molar-refractivity contribution in [1.29, 1.82) is 0 Å². The molecule has 0 heterocycles. The summed E-state index contributed by atoms with van der Waals surface area (Å²) in [5.41, 5.74) is 0. The first-order valence-electron chi connectivity index (χ1n) is 6.85. The van der Waals surface area contributed by atoms with Crippen LogP contribution in [0.2, 0.25) is 0 Å². The molecule has 2 amide bonds. The third kappa shape index (κ3) is 10.9. The van der Waals surface area contributed by atoms with Crippen molar-refractivity contribution in [2.45, 2.75) is 45.3 Å². The number of carboxylic acids is 1. The van der Waals surface area contributed by atoms with Crippen LogP contribution in [0.1, 0.15) is 33.1 Å². The normalized spacial score (nSPS) is 12.2. The first-order valence-corrected chi connectivity index (χ1v) is 8.24. The van der Waals surface area contributed by atoms with Gasteiger partial charge in [-0.1, -0.05) is 0 Å². The van der Waals surface area contributed by atoms with E-state index in [9.17, 15) is 9.59 Å². The molecular formula is C13H26N2O4S. The average molecular weight is 306 g/mol. The van der Waals surface area contributed by atoms with Gasteiger partial charge < -0.3 is 20.5 Å². The molecule has 3 N–H and O–H groups in total. The van der Waals surface area contributed by atoms with Crippen LogP contribution >= 0.6 is 11.8 Å². The maximum atomic E-state index is 11.5. The molecule has 0 aliphatic rings. The Bertz CT molecular complexity index is 288. The highest BCUT2D eigenvalue weighted by atomic mass is 32.2. The standard InChI is InChI=1S/C13H26N2O4S/c1-10(2)19-8-5-4-7-14-13(18)15-11(12(16)17)6-9-20-3/h10-11H,4-9H2,1-3H3,(H,16,17)(H2,14,15,18)/t11-/m1/s1. The van der Waals surface area contributed by atoms with E-state index in [-0.39, 0.29) is 6.10 Å². The zero-order valence-corrected chi connectivity index (χ0v) is 13.3. The molecule has 0 bridgehead atoms. The average Bonchev–Trinajstić information content (AvgIpc) is 2.37. The van der Waals surface area contributed by atoms with Gasteiger partial charge >= 0.3 is 12.0 Å². The molecule has 0 aliphatic carbocycles. The van der Waals surface area contributed by atoms with Gasteiger partial charge in [-0.25, -0.2) is 9.59 Å². The van der Waals surface area contributed by atoms with Gasteiger partial charge in [0.15, 0.2) is 0 Å². The summed E-state index contributed by atoms with van der Waals surface area (Å²) < 4.78 is 5.38. The predicted molar refractivity (Wildman–Crippen MR) is 81.3 cm³/mol. The molecule has 0 aromatic rings. The lowest BCUT2D eigenvalue weighted by atomic mass is 10.2. The Kier molecular flexibility index (Phi) is 11.3. The molecule has 0 aromatic carbocycles. The molecular weight excluding hydrogens is 280 g/mol. The largest absolute Gasteiger partial charge is 0.480 e. The molecule has 1 atom stereocenters. The minimum absolute atomic E-state index is 0.221. The van der Waals surface area contributed by atoms with Crippen molar-refractivity contribution < 1.29 is 19.4 Å². The van der Waals surface area contributed by atoms with Gasteiger partial charge in [0.1, 0.15) is 6.04 Å². The number of urea groups is 1. The molecule has 0 saturated carbocycles. The van der Waals surface area contributed by atoms with Gasteiger partial charge in [0, 0.05) is 13.2 Å². The Balaban J connectivity index is 3.71. The van der Waals surface area contributed by atoms with Crippen molar-refractivity contribution >= 4 is 23.8 Å². The van der Waals surface area contributed by atoms with Gasteiger partial charge in [0.25, 0.3) is 0 Å². The smallest absolute Gasteiger partial charge is 0.326 e. The molecule has 0 aliphatic heterocycles. The third-order valence-corrected chi connectivity index (χ3v) is 3.17. The molecule has 6 nitrogen and oxygen atoms in total. The lowest BCUT2D eigenvalue weighted by Crippen LogP contribution is -2.46. The van der Waals surface area contributed by atoms with Gasteiger partial charge in [0.2, 0.25) is 0 Å². The number of rotatable bonds is 11. The number of unbranched alkanes of at least 4 members (excludes halogenated alkanes) is 1. The van der Waals surface area contributed by atoms with Crippen LogP contribution in [0.5, 0.6) is 0 Å². The van der Waals surface area contributed by atoms with Gasteiger partial charge in [-0.2, -0.15) is 11.8 Å². The lowest BCUT2D eigenvalue weighted by molar-refractivity contribution is -0.139. The summed E-state index contributed by atoms with van der Waals surface area (Å²) in [5, 5.41) is 14.1. The highest BCUT2D eigenvalue weighted by Gasteiger charge is 2.18. The van der Waals surface area contributed by atoms with Crippen LogP contribution in [0.25, 0.3) is 0 Å². The van der Waals surface area contributed by atoms with E-state index in [0.29, 0.717) is 25.3 Å². The summed E-state index contributed by atoms with van der Waals surface area (Å²) in [4.78, 5) is 22.5. The second-order valence-corrected chi connectivity index (χ2v) is 5.68. The summed E-state index contributed by atoms with van der Waals surface area (Å²) in [5.74, 6) is -0.302. The quantitative estimate of drug-likeness (QED) is 0.506. The Hall–Kier alpha value is -0.950. The van der Waals surface area contributed by atoms with Crippen molar-refractivity contribution in [2.75, 3.05) is 25.2 Å². The molecule has 0 saturated heterocycles. The van der Waals surface area contributed by atoms with E-state index in [2.05, 4.69) is 10.6 Å². The molecule has 7 heteroatoms. The number of thioether (sulfide) groups is 1. The summed E-state index contributed by atoms with van der Waals surface area (Å²) in [6.07, 6.45) is 4.22. The SMILES string of the molecule is CSCC[C@@H](NC(=O)NCCCCOC(C)C)C(=O)O. The zero-order chi connectivity index (χ0) is 15.4. The van der Waals surface area contributed by atoms with Crippen LogP contribution < -0.4 is 10.6 Å². The van der Waals surface area contributed by atoms with Gasteiger partial charge in [-0.3, -0.25) is 0 Å². The molecule has 0 spiro atoms. The van der Waals surface area contributed by atoms with Crippen LogP contribution in [-0.2, 0) is 9.53 Å². The van der Waals surface area contributed by atoms with Gasteiger partial charge in [0.05, 0.1) is 6.10 Å². The molecule has 0 rings (SSSR count). The van der Waals surface area contributed by atoms with Gasteiger partial charge in [-0.15, -0.1) is 0 Å². The molecule has 0 radical (unpaired) electrons. The highest BCUT2D eigenvalue weighted by Crippen LogP contribution is 2.01. The van der Waals surface area contributed by atoms with Crippen molar-refractivity contribution in [1.82, 2.24) is 10.6 Å². The number of ether oxygens (including phenoxy) is 1. The van der Waals surface area contributed by atoms with Crippen LogP contribution in [0, 0.1) is 0 Å². The van der Waals surface area contributed by atoms with E-state index in [4.69, 9.17) is 9.84 Å². The van der Waals surface area contributed by atoms with Crippen molar-refractivity contribution in [3.05, 3.63) is 0 Å². The van der Waals surface area contributed by atoms with E-state index >= 15 is 0 Å². The molecule has 20 heavy (non-hydrogen) atoms. The summed E-state index contributed by atoms with van der Waals surface area (Å²) >= 11 is 1.55. The summed E-state index contributed by atoms with van der Waals surface area (Å²) in [7, 11) is 0. The fourth-order valence-electron chi connectivity index (χ4n) is 1.45. The van der Waals surface area contributed by atoms with E-state index in [0.717, 1.165) is 12.8 Å². The van der Waals surface area contributed by atoms with Crippen molar-refractivity contribution in [3.63, 3.8) is 0 Å². The monoisotopic (exact) mass is 306 g/mol. The molecule has 0 fully saturated rings. The van der Waals surface area contributed by atoms with E-state index < -0.39 is 18.0 Å². The Labute approximate surface area is 125 Å². The number of carboxylic acid groups (broad SMARTS) is 1. The Morgan fingerprint density at radius 3 is 2.55 bits per heavy atom. The predicted octanol–water partition coefficient (Wildman–Crippen LogP) is 1.70. The highest BCUT2D eigenvalue weighted by molar-refractivity contribution is 7.98. The summed E-state index contributed by atoms with van der Waals surface area (Å²) in [6.45, 7) is 5.15. The first kappa shape index (κ1) is 19.1. The number of carbonyl (C=O) groups excluding carboxylic acids is 1. The first-order chi connectivity index (χ1) is 9.47. The second kappa shape index (κ2) is 11.8. The van der Waals surface area contributed by atoms with Crippen LogP contribution in [0.4, 0.5) is 4.79 Å². The maximum Gasteiger partial charge on any atom is 0.326 e. The Morgan fingerprint density at radius 2 is 2.00 bits per heavy atom. The number of carbonyl (C=O) groups is 2. The zero-order valence-electron chi connectivity index (χ0n) is 12.5. The Morgan fingerprint density at radius 1 is 1.30 bits per heavy atom. The topological polar surface area (TPSA) is 87.7 Å². The number of aliphatic carboxylic acids is 1. The van der Waals surface area contributed by atoms with Crippen LogP contribution in [-0.4, -0.2) is 54.4 Å². The fraction of sp³-hybridized carbons (Fsp3) is 0.846. The molecule has 0 unspecified atom stereocenters. The summed E-state index contributed by atoms with van der Waals surface area (Å²) in [6, 6.07) is -1.25. The van der Waals surface area contributed by atoms with Crippen molar-refractivity contribution in [2.24, 2.45) is 0 Å². The number of nitrogens with one attached hydrogen (secondary N) is 2. The minimum atomic E-state index is -1.00. The fourth-order valence-corrected chi connectivity index (χ4v) is 1.92. The minimum Gasteiger partial charge on any atom is -0.480 e. The van der Waals surface area contributed by atoms with E-state index in [1.165, 1.54) is 0 Å². The number of hydrogen-bond donors (Lipinski definition) is 3. The number of amides is 2. The molecule has 0 aromatic heterocycles. The molecule has 118 valence electrons. The van der Waals surface area contributed by atoms with Crippen molar-refractivity contribution in [3.8, 4) is 0 Å². The van der Waals surface area contributed by atoms with E-state index in [1.807, 2.05) is 20.1 Å². The number of hydrogen-bond acceptors (Lipinski definition) is 4.